The Hall–Kier alpha value is -0.920. The largest absolute Gasteiger partial charge is 0.312 e. The summed E-state index contributed by atoms with van der Waals surface area (Å²) >= 11 is 3.40. The van der Waals surface area contributed by atoms with Crippen molar-refractivity contribution in [2.45, 2.75) is 44.9 Å². The van der Waals surface area contributed by atoms with E-state index in [1.165, 1.54) is 11.2 Å². The molecule has 23 heavy (non-hydrogen) atoms. The van der Waals surface area contributed by atoms with E-state index >= 15 is 0 Å². The average Bonchev–Trinajstić information content (AvgIpc) is 2.89. The lowest BCUT2D eigenvalue weighted by Gasteiger charge is -2.22. The Balaban J connectivity index is 2.47. The minimum atomic E-state index is -3.58. The summed E-state index contributed by atoms with van der Waals surface area (Å²) in [6.45, 7) is 6.93. The molecule has 1 aliphatic heterocycles. The molecule has 0 N–H and O–H groups in total. The maximum Gasteiger partial charge on any atom is 0.244 e. The van der Waals surface area contributed by atoms with E-state index in [-0.39, 0.29) is 10.8 Å². The van der Waals surface area contributed by atoms with E-state index in [9.17, 15) is 13.2 Å². The van der Waals surface area contributed by atoms with Crippen LogP contribution in [0, 0.1) is 0 Å². The van der Waals surface area contributed by atoms with Gasteiger partial charge in [-0.2, -0.15) is 4.31 Å². The van der Waals surface area contributed by atoms with Crippen molar-refractivity contribution in [3.63, 3.8) is 0 Å². The fourth-order valence-corrected chi connectivity index (χ4v) is 5.39. The van der Waals surface area contributed by atoms with Gasteiger partial charge in [-0.1, -0.05) is 20.3 Å². The number of benzene rings is 1. The summed E-state index contributed by atoms with van der Waals surface area (Å²) in [5.41, 5.74) is 1.72. The van der Waals surface area contributed by atoms with Crippen LogP contribution in [0.5, 0.6) is 0 Å². The molecule has 0 atom stereocenters. The number of unbranched alkanes of at least 4 members (excludes halogenated alkanes) is 1. The Bertz CT molecular complexity index is 704. The van der Waals surface area contributed by atoms with Gasteiger partial charge in [0.1, 0.15) is 0 Å². The molecular formula is C16H23BrN2O3S. The molecule has 0 fully saturated rings. The summed E-state index contributed by atoms with van der Waals surface area (Å²) in [5, 5.41) is 0. The third-order valence-electron chi connectivity index (χ3n) is 4.14. The van der Waals surface area contributed by atoms with Gasteiger partial charge in [0.25, 0.3) is 0 Å². The highest BCUT2D eigenvalue weighted by Gasteiger charge is 2.30. The van der Waals surface area contributed by atoms with Crippen LogP contribution in [-0.2, 0) is 21.2 Å². The summed E-state index contributed by atoms with van der Waals surface area (Å²) < 4.78 is 28.0. The maximum absolute atomic E-state index is 13.0. The topological polar surface area (TPSA) is 57.7 Å². The Labute approximate surface area is 146 Å². The van der Waals surface area contributed by atoms with Crippen molar-refractivity contribution in [1.82, 2.24) is 4.31 Å². The predicted octanol–water partition coefficient (Wildman–Crippen LogP) is 3.17. The van der Waals surface area contributed by atoms with E-state index < -0.39 is 10.0 Å². The van der Waals surface area contributed by atoms with E-state index in [1.807, 2.05) is 19.9 Å². The number of hydrogen-bond acceptors (Lipinski definition) is 3. The van der Waals surface area contributed by atoms with Crippen molar-refractivity contribution in [1.29, 1.82) is 0 Å². The summed E-state index contributed by atoms with van der Waals surface area (Å²) in [6.07, 6.45) is 2.52. The van der Waals surface area contributed by atoms with Crippen LogP contribution < -0.4 is 4.90 Å². The maximum atomic E-state index is 13.0. The van der Waals surface area contributed by atoms with E-state index in [0.29, 0.717) is 29.8 Å². The second kappa shape index (κ2) is 7.32. The Morgan fingerprint density at radius 2 is 2.04 bits per heavy atom. The first-order valence-corrected chi connectivity index (χ1v) is 10.2. The standard InChI is InChI=1S/C16H23BrN2O3S/c1-4-6-8-18(5-2)23(21,22)16-11-15-13(10-14(16)17)7-9-19(15)12(3)20/h10-11H,4-9H2,1-3H3. The molecule has 0 saturated carbocycles. The molecule has 0 aliphatic carbocycles. The molecule has 1 amide bonds. The first-order valence-electron chi connectivity index (χ1n) is 7.93. The highest BCUT2D eigenvalue weighted by atomic mass is 79.9. The summed E-state index contributed by atoms with van der Waals surface area (Å²) in [6, 6.07) is 3.47. The van der Waals surface area contributed by atoms with Crippen LogP contribution in [0.25, 0.3) is 0 Å². The Morgan fingerprint density at radius 3 is 2.61 bits per heavy atom. The van der Waals surface area contributed by atoms with Gasteiger partial charge in [0, 0.05) is 36.7 Å². The first-order chi connectivity index (χ1) is 10.8. The molecule has 1 aromatic rings. The van der Waals surface area contributed by atoms with Crippen LogP contribution in [0.3, 0.4) is 0 Å². The molecule has 128 valence electrons. The fourth-order valence-electron chi connectivity index (χ4n) is 2.83. The summed E-state index contributed by atoms with van der Waals surface area (Å²) in [4.78, 5) is 13.6. The average molecular weight is 403 g/mol. The lowest BCUT2D eigenvalue weighted by molar-refractivity contribution is -0.116. The van der Waals surface area contributed by atoms with Crippen molar-refractivity contribution < 1.29 is 13.2 Å². The van der Waals surface area contributed by atoms with Gasteiger partial charge in [-0.05, 0) is 46.5 Å². The van der Waals surface area contributed by atoms with Gasteiger partial charge in [-0.25, -0.2) is 8.42 Å². The van der Waals surface area contributed by atoms with Gasteiger partial charge in [-0.15, -0.1) is 0 Å². The van der Waals surface area contributed by atoms with Crippen LogP contribution in [-0.4, -0.2) is 38.3 Å². The number of halogens is 1. The quantitative estimate of drug-likeness (QED) is 0.733. The first kappa shape index (κ1) is 18.4. The second-order valence-electron chi connectivity index (χ2n) is 5.68. The minimum absolute atomic E-state index is 0.0623. The highest BCUT2D eigenvalue weighted by Crippen LogP contribution is 2.36. The number of rotatable bonds is 6. The molecule has 5 nitrogen and oxygen atoms in total. The molecule has 1 aromatic carbocycles. The van der Waals surface area contributed by atoms with Crippen molar-refractivity contribution in [2.75, 3.05) is 24.5 Å². The normalized spacial score (nSPS) is 14.4. The molecule has 0 saturated heterocycles. The van der Waals surface area contributed by atoms with E-state index in [2.05, 4.69) is 15.9 Å². The third kappa shape index (κ3) is 3.61. The number of fused-ring (bicyclic) bond motifs is 1. The van der Waals surface area contributed by atoms with Gasteiger partial charge < -0.3 is 4.90 Å². The zero-order chi connectivity index (χ0) is 17.2. The van der Waals surface area contributed by atoms with Crippen LogP contribution in [0.1, 0.15) is 39.2 Å². The van der Waals surface area contributed by atoms with Crippen LogP contribution >= 0.6 is 15.9 Å². The highest BCUT2D eigenvalue weighted by molar-refractivity contribution is 9.10. The van der Waals surface area contributed by atoms with Crippen molar-refractivity contribution in [3.05, 3.63) is 22.2 Å². The monoisotopic (exact) mass is 402 g/mol. The number of nitrogens with zero attached hydrogens (tertiary/aromatic N) is 2. The third-order valence-corrected chi connectivity index (χ3v) is 7.07. The number of hydrogen-bond donors (Lipinski definition) is 0. The number of sulfonamides is 1. The lowest BCUT2D eigenvalue weighted by Crippen LogP contribution is -2.32. The molecule has 0 spiro atoms. The molecule has 1 aliphatic rings. The van der Waals surface area contributed by atoms with E-state index in [4.69, 9.17) is 0 Å². The Morgan fingerprint density at radius 1 is 1.35 bits per heavy atom. The second-order valence-corrected chi connectivity index (χ2v) is 8.44. The number of carbonyl (C=O) groups is 1. The van der Waals surface area contributed by atoms with Gasteiger partial charge >= 0.3 is 0 Å². The molecular weight excluding hydrogens is 380 g/mol. The molecule has 0 radical (unpaired) electrons. The number of carbonyl (C=O) groups excluding carboxylic acids is 1. The minimum Gasteiger partial charge on any atom is -0.312 e. The molecule has 1 heterocycles. The van der Waals surface area contributed by atoms with Gasteiger partial charge in [-0.3, -0.25) is 4.79 Å². The lowest BCUT2D eigenvalue weighted by atomic mass is 10.2. The van der Waals surface area contributed by atoms with Crippen molar-refractivity contribution >= 4 is 37.5 Å². The van der Waals surface area contributed by atoms with Crippen LogP contribution in [0.15, 0.2) is 21.5 Å². The molecule has 7 heteroatoms. The van der Waals surface area contributed by atoms with Crippen LogP contribution in [0.2, 0.25) is 0 Å². The number of anilines is 1. The van der Waals surface area contributed by atoms with E-state index in [1.54, 1.807) is 11.0 Å². The van der Waals surface area contributed by atoms with Crippen molar-refractivity contribution in [3.8, 4) is 0 Å². The fraction of sp³-hybridized carbons (Fsp3) is 0.562. The van der Waals surface area contributed by atoms with Crippen molar-refractivity contribution in [2.24, 2.45) is 0 Å². The molecule has 2 rings (SSSR count). The molecule has 0 aromatic heterocycles. The zero-order valence-electron chi connectivity index (χ0n) is 13.8. The van der Waals surface area contributed by atoms with Gasteiger partial charge in [0.05, 0.1) is 4.90 Å². The zero-order valence-corrected chi connectivity index (χ0v) is 16.2. The summed E-state index contributed by atoms with van der Waals surface area (Å²) in [7, 11) is -3.58. The summed E-state index contributed by atoms with van der Waals surface area (Å²) in [5.74, 6) is -0.0623. The smallest absolute Gasteiger partial charge is 0.244 e. The molecule has 0 bridgehead atoms. The number of amides is 1. The Kier molecular flexibility index (Phi) is 5.86. The van der Waals surface area contributed by atoms with Crippen LogP contribution in [0.4, 0.5) is 5.69 Å². The van der Waals surface area contributed by atoms with Gasteiger partial charge in [0.2, 0.25) is 15.9 Å². The predicted molar refractivity (Wildman–Crippen MR) is 95.2 cm³/mol. The van der Waals surface area contributed by atoms with Gasteiger partial charge in [0.15, 0.2) is 0 Å². The molecule has 0 unspecified atom stereocenters. The SMILES string of the molecule is CCCCN(CC)S(=O)(=O)c1cc2c(cc1Br)CCN2C(C)=O. The van der Waals surface area contributed by atoms with E-state index in [0.717, 1.165) is 24.8 Å².